The maximum absolute atomic E-state index is 13.1. The molecule has 0 fully saturated rings. The Hall–Kier alpha value is -3.07. The summed E-state index contributed by atoms with van der Waals surface area (Å²) in [5.41, 5.74) is 2.31. The first kappa shape index (κ1) is 12.9. The van der Waals surface area contributed by atoms with Crippen LogP contribution in [0.1, 0.15) is 0 Å². The average molecular weight is 287 g/mol. The Morgan fingerprint density at radius 3 is 2.81 bits per heavy atom. The Balaban J connectivity index is 1.96. The van der Waals surface area contributed by atoms with Gasteiger partial charge >= 0.3 is 6.01 Å². The molecule has 0 aliphatic heterocycles. The molecule has 0 aliphatic carbocycles. The van der Waals surface area contributed by atoms with Crippen LogP contribution in [0.5, 0.6) is 11.8 Å². The maximum atomic E-state index is 13.1. The van der Waals surface area contributed by atoms with Crippen LogP contribution in [0.2, 0.25) is 0 Å². The summed E-state index contributed by atoms with van der Waals surface area (Å²) in [4.78, 5) is 12.1. The van der Waals surface area contributed by atoms with Crippen LogP contribution in [0.3, 0.4) is 0 Å². The van der Waals surface area contributed by atoms with Gasteiger partial charge in [0, 0.05) is 18.5 Å². The Labute approximate surface area is 118 Å². The number of benzene rings is 1. The van der Waals surface area contributed by atoms with E-state index in [1.54, 1.807) is 24.5 Å². The fraction of sp³-hybridized carbons (Fsp3) is 0. The molecule has 2 aromatic heterocycles. The molecule has 0 bridgehead atoms. The summed E-state index contributed by atoms with van der Waals surface area (Å²) in [6, 6.07) is 7.30. The molecular weight excluding hydrogens is 277 g/mol. The number of nitrogens with one attached hydrogen (secondary N) is 1. The molecule has 0 amide bonds. The van der Waals surface area contributed by atoms with Crippen LogP contribution < -0.4 is 16.0 Å². The fourth-order valence-corrected chi connectivity index (χ4v) is 1.58. The smallest absolute Gasteiger partial charge is 0.328 e. The molecule has 0 saturated heterocycles. The number of nitrogens with two attached hydrogens (primary N) is 1. The van der Waals surface area contributed by atoms with Crippen molar-refractivity contribution in [3.63, 3.8) is 0 Å². The highest BCUT2D eigenvalue weighted by Crippen LogP contribution is 2.19. The summed E-state index contributed by atoms with van der Waals surface area (Å²) in [5.74, 6) is 5.46. The van der Waals surface area contributed by atoms with Gasteiger partial charge in [-0.05, 0) is 18.2 Å². The van der Waals surface area contributed by atoms with Crippen molar-refractivity contribution in [2.75, 3.05) is 5.43 Å². The summed E-state index contributed by atoms with van der Waals surface area (Å²) < 4.78 is 20.0. The van der Waals surface area contributed by atoms with Gasteiger partial charge in [0.25, 0.3) is 5.95 Å². The van der Waals surface area contributed by atoms with E-state index in [-0.39, 0.29) is 23.7 Å². The zero-order valence-corrected chi connectivity index (χ0v) is 10.6. The minimum absolute atomic E-state index is 0.0333. The van der Waals surface area contributed by atoms with Crippen molar-refractivity contribution < 1.29 is 9.13 Å². The number of ether oxygens (including phenoxy) is 1. The maximum Gasteiger partial charge on any atom is 0.328 e. The number of hydrogen-bond donors (Lipinski definition) is 2. The van der Waals surface area contributed by atoms with Crippen molar-refractivity contribution in [1.29, 1.82) is 0 Å². The number of nitrogen functional groups attached to an aromatic ring is 1. The third-order valence-electron chi connectivity index (χ3n) is 2.45. The minimum atomic E-state index is -0.425. The molecule has 0 saturated carbocycles. The van der Waals surface area contributed by atoms with Crippen molar-refractivity contribution >= 4 is 5.95 Å². The van der Waals surface area contributed by atoms with E-state index in [1.165, 1.54) is 22.9 Å². The second kappa shape index (κ2) is 5.51. The standard InChI is InChI=1S/C12H10FN7O/c13-8-3-1-4-9(7-8)21-12-17-10(19-14)16-11(18-12)20-6-2-5-15-20/h1-7H,14H2,(H,16,17,18,19). The number of aromatic nitrogens is 5. The summed E-state index contributed by atoms with van der Waals surface area (Å²) >= 11 is 0. The Bertz CT molecular complexity index is 747. The third-order valence-corrected chi connectivity index (χ3v) is 2.45. The highest BCUT2D eigenvalue weighted by Gasteiger charge is 2.10. The molecule has 2 heterocycles. The number of hydrogen-bond acceptors (Lipinski definition) is 7. The number of hydrazine groups is 1. The van der Waals surface area contributed by atoms with Gasteiger partial charge in [-0.3, -0.25) is 5.43 Å². The molecular formula is C12H10FN7O. The number of nitrogens with zero attached hydrogens (tertiary/aromatic N) is 5. The van der Waals surface area contributed by atoms with Crippen LogP contribution in [0.4, 0.5) is 10.3 Å². The van der Waals surface area contributed by atoms with E-state index in [1.807, 2.05) is 0 Å². The molecule has 1 aromatic carbocycles. The van der Waals surface area contributed by atoms with Crippen LogP contribution in [0.25, 0.3) is 5.95 Å². The molecule has 21 heavy (non-hydrogen) atoms. The summed E-state index contributed by atoms with van der Waals surface area (Å²) in [6.07, 6.45) is 3.23. The minimum Gasteiger partial charge on any atom is -0.424 e. The van der Waals surface area contributed by atoms with Crippen LogP contribution in [-0.4, -0.2) is 24.7 Å². The Morgan fingerprint density at radius 1 is 1.19 bits per heavy atom. The average Bonchev–Trinajstić information content (AvgIpc) is 3.01. The lowest BCUT2D eigenvalue weighted by Crippen LogP contribution is -2.14. The van der Waals surface area contributed by atoms with Crippen molar-refractivity contribution in [3.05, 3.63) is 48.5 Å². The molecule has 3 N–H and O–H groups in total. The zero-order chi connectivity index (χ0) is 14.7. The van der Waals surface area contributed by atoms with Gasteiger partial charge in [0.05, 0.1) is 0 Å². The normalized spacial score (nSPS) is 10.4. The molecule has 0 radical (unpaired) electrons. The van der Waals surface area contributed by atoms with Crippen molar-refractivity contribution in [2.45, 2.75) is 0 Å². The molecule has 0 spiro atoms. The first-order chi connectivity index (χ1) is 10.2. The van der Waals surface area contributed by atoms with Crippen molar-refractivity contribution in [3.8, 4) is 17.7 Å². The molecule has 8 nitrogen and oxygen atoms in total. The van der Waals surface area contributed by atoms with Crippen LogP contribution >= 0.6 is 0 Å². The fourth-order valence-electron chi connectivity index (χ4n) is 1.58. The van der Waals surface area contributed by atoms with Crippen LogP contribution in [-0.2, 0) is 0 Å². The summed E-state index contributed by atoms with van der Waals surface area (Å²) in [7, 11) is 0. The van der Waals surface area contributed by atoms with Crippen molar-refractivity contribution in [1.82, 2.24) is 24.7 Å². The highest BCUT2D eigenvalue weighted by molar-refractivity contribution is 5.31. The van der Waals surface area contributed by atoms with Gasteiger partial charge in [-0.2, -0.15) is 20.1 Å². The van der Waals surface area contributed by atoms with E-state index in [4.69, 9.17) is 10.6 Å². The summed E-state index contributed by atoms with van der Waals surface area (Å²) in [6.45, 7) is 0. The lowest BCUT2D eigenvalue weighted by molar-refractivity contribution is 0.434. The number of halogens is 1. The van der Waals surface area contributed by atoms with Crippen LogP contribution in [0, 0.1) is 5.82 Å². The Morgan fingerprint density at radius 2 is 2.10 bits per heavy atom. The molecule has 106 valence electrons. The SMILES string of the molecule is NNc1nc(Oc2cccc(F)c2)nc(-n2cccn2)n1. The number of rotatable bonds is 4. The van der Waals surface area contributed by atoms with Gasteiger partial charge < -0.3 is 4.74 Å². The molecule has 9 heteroatoms. The van der Waals surface area contributed by atoms with E-state index in [0.717, 1.165) is 0 Å². The molecule has 0 aliphatic rings. The monoisotopic (exact) mass is 287 g/mol. The predicted molar refractivity (Wildman–Crippen MR) is 71.2 cm³/mol. The quantitative estimate of drug-likeness (QED) is 0.550. The van der Waals surface area contributed by atoms with E-state index < -0.39 is 5.82 Å². The van der Waals surface area contributed by atoms with E-state index in [9.17, 15) is 4.39 Å². The largest absolute Gasteiger partial charge is 0.424 e. The topological polar surface area (TPSA) is 104 Å². The third kappa shape index (κ3) is 2.92. The van der Waals surface area contributed by atoms with E-state index in [0.29, 0.717) is 0 Å². The highest BCUT2D eigenvalue weighted by atomic mass is 19.1. The van der Waals surface area contributed by atoms with Gasteiger partial charge in [-0.15, -0.1) is 0 Å². The van der Waals surface area contributed by atoms with Gasteiger partial charge in [0.2, 0.25) is 5.95 Å². The van der Waals surface area contributed by atoms with Gasteiger partial charge in [0.15, 0.2) is 0 Å². The lowest BCUT2D eigenvalue weighted by atomic mass is 10.3. The van der Waals surface area contributed by atoms with E-state index in [2.05, 4.69) is 25.5 Å². The van der Waals surface area contributed by atoms with E-state index >= 15 is 0 Å². The first-order valence-corrected chi connectivity index (χ1v) is 5.91. The molecule has 3 rings (SSSR count). The first-order valence-electron chi connectivity index (χ1n) is 5.91. The second-order valence-corrected chi connectivity index (χ2v) is 3.90. The Kier molecular flexibility index (Phi) is 3.39. The molecule has 0 atom stereocenters. The summed E-state index contributed by atoms with van der Waals surface area (Å²) in [5, 5.41) is 4.00. The van der Waals surface area contributed by atoms with Gasteiger partial charge in [0.1, 0.15) is 11.6 Å². The van der Waals surface area contributed by atoms with Gasteiger partial charge in [-0.25, -0.2) is 14.9 Å². The molecule has 3 aromatic rings. The lowest BCUT2D eigenvalue weighted by Gasteiger charge is -2.07. The zero-order valence-electron chi connectivity index (χ0n) is 10.6. The number of anilines is 1. The molecule has 0 unspecified atom stereocenters. The second-order valence-electron chi connectivity index (χ2n) is 3.90. The van der Waals surface area contributed by atoms with Crippen molar-refractivity contribution in [2.24, 2.45) is 5.84 Å². The van der Waals surface area contributed by atoms with Gasteiger partial charge in [-0.1, -0.05) is 6.07 Å². The predicted octanol–water partition coefficient (Wildman–Crippen LogP) is 1.27. The van der Waals surface area contributed by atoms with Crippen LogP contribution in [0.15, 0.2) is 42.7 Å².